The van der Waals surface area contributed by atoms with Crippen molar-refractivity contribution in [2.75, 3.05) is 12.4 Å². The molecule has 0 amide bonds. The average molecular weight is 326 g/mol. The highest BCUT2D eigenvalue weighted by molar-refractivity contribution is 7.99. The number of hydrogen-bond donors (Lipinski definition) is 1. The summed E-state index contributed by atoms with van der Waals surface area (Å²) in [5, 5.41) is 19.0. The van der Waals surface area contributed by atoms with Gasteiger partial charge in [0.1, 0.15) is 12.4 Å². The molecule has 0 atom stereocenters. The van der Waals surface area contributed by atoms with E-state index in [9.17, 15) is 5.11 Å². The first-order chi connectivity index (χ1) is 10.3. The fourth-order valence-electron chi connectivity index (χ4n) is 2.04. The van der Waals surface area contributed by atoms with E-state index < -0.39 is 0 Å². The summed E-state index contributed by atoms with van der Waals surface area (Å²) in [5.41, 5.74) is 0. The third-order valence-corrected chi connectivity index (χ3v) is 4.34. The zero-order chi connectivity index (χ0) is 14.7. The standard InChI is InChI=1S/C14H16ClN3O2S/c15-10-1-5-12(6-2-10)20-7-8-21-14-17-16-13(9-19)18(14)11-3-4-11/h1-2,5-6,11,19H,3-4,7-9H2. The van der Waals surface area contributed by atoms with Crippen LogP contribution in [0.4, 0.5) is 0 Å². The molecule has 3 rings (SSSR count). The maximum Gasteiger partial charge on any atom is 0.191 e. The maximum absolute atomic E-state index is 9.28. The Morgan fingerprint density at radius 3 is 2.71 bits per heavy atom. The number of hydrogen-bond acceptors (Lipinski definition) is 5. The Hall–Kier alpha value is -1.24. The molecule has 1 heterocycles. The molecule has 1 aliphatic rings. The summed E-state index contributed by atoms with van der Waals surface area (Å²) < 4.78 is 7.69. The molecule has 1 aliphatic carbocycles. The molecule has 1 aromatic heterocycles. The number of nitrogens with zero attached hydrogens (tertiary/aromatic N) is 3. The number of halogens is 1. The van der Waals surface area contributed by atoms with Gasteiger partial charge in [-0.25, -0.2) is 0 Å². The third-order valence-electron chi connectivity index (χ3n) is 3.19. The van der Waals surface area contributed by atoms with Gasteiger partial charge in [-0.1, -0.05) is 23.4 Å². The van der Waals surface area contributed by atoms with E-state index in [0.717, 1.165) is 29.5 Å². The molecule has 1 fully saturated rings. The largest absolute Gasteiger partial charge is 0.493 e. The molecular formula is C14H16ClN3O2S. The molecule has 112 valence electrons. The second-order valence-corrected chi connectivity index (χ2v) is 6.31. The minimum Gasteiger partial charge on any atom is -0.493 e. The molecule has 1 N–H and O–H groups in total. The van der Waals surface area contributed by atoms with Crippen LogP contribution < -0.4 is 4.74 Å². The van der Waals surface area contributed by atoms with Crippen LogP contribution in [0.15, 0.2) is 29.4 Å². The van der Waals surface area contributed by atoms with Crippen LogP contribution in [0.1, 0.15) is 24.7 Å². The number of aliphatic hydroxyl groups is 1. The number of benzene rings is 1. The minimum atomic E-state index is -0.0642. The van der Waals surface area contributed by atoms with Crippen molar-refractivity contribution in [1.29, 1.82) is 0 Å². The van der Waals surface area contributed by atoms with Crippen LogP contribution >= 0.6 is 23.4 Å². The molecule has 0 bridgehead atoms. The van der Waals surface area contributed by atoms with Crippen LogP contribution in [0.25, 0.3) is 0 Å². The Balaban J connectivity index is 1.51. The highest BCUT2D eigenvalue weighted by Gasteiger charge is 2.29. The van der Waals surface area contributed by atoms with Crippen molar-refractivity contribution in [3.05, 3.63) is 35.1 Å². The van der Waals surface area contributed by atoms with Crippen molar-refractivity contribution in [1.82, 2.24) is 14.8 Å². The molecule has 1 aromatic carbocycles. The fourth-order valence-corrected chi connectivity index (χ4v) is 3.00. The summed E-state index contributed by atoms with van der Waals surface area (Å²) in [6, 6.07) is 7.78. The van der Waals surface area contributed by atoms with Gasteiger partial charge in [0.2, 0.25) is 0 Å². The molecule has 0 saturated heterocycles. The Bertz CT molecular complexity index is 599. The van der Waals surface area contributed by atoms with Crippen molar-refractivity contribution in [3.8, 4) is 5.75 Å². The fraction of sp³-hybridized carbons (Fsp3) is 0.429. The first-order valence-electron chi connectivity index (χ1n) is 6.83. The smallest absolute Gasteiger partial charge is 0.191 e. The zero-order valence-corrected chi connectivity index (χ0v) is 13.0. The van der Waals surface area contributed by atoms with Gasteiger partial charge in [0.15, 0.2) is 11.0 Å². The minimum absolute atomic E-state index is 0.0642. The first-order valence-corrected chi connectivity index (χ1v) is 8.20. The Kier molecular flexibility index (Phi) is 4.67. The van der Waals surface area contributed by atoms with E-state index in [1.165, 1.54) is 0 Å². The van der Waals surface area contributed by atoms with E-state index in [-0.39, 0.29) is 6.61 Å². The van der Waals surface area contributed by atoms with Crippen molar-refractivity contribution in [2.45, 2.75) is 30.6 Å². The van der Waals surface area contributed by atoms with Gasteiger partial charge < -0.3 is 14.4 Å². The topological polar surface area (TPSA) is 60.2 Å². The van der Waals surface area contributed by atoms with Crippen molar-refractivity contribution in [2.24, 2.45) is 0 Å². The normalized spacial score (nSPS) is 14.4. The number of aromatic nitrogens is 3. The quantitative estimate of drug-likeness (QED) is 0.626. The van der Waals surface area contributed by atoms with E-state index in [0.29, 0.717) is 23.5 Å². The number of aliphatic hydroxyl groups excluding tert-OH is 1. The summed E-state index contributed by atoms with van der Waals surface area (Å²) in [6.45, 7) is 0.517. The molecule has 7 heteroatoms. The second kappa shape index (κ2) is 6.68. The Morgan fingerprint density at radius 1 is 1.29 bits per heavy atom. The molecule has 1 saturated carbocycles. The van der Waals surface area contributed by atoms with Gasteiger partial charge in [0.05, 0.1) is 6.61 Å². The SMILES string of the molecule is OCc1nnc(SCCOc2ccc(Cl)cc2)n1C1CC1. The van der Waals surface area contributed by atoms with Crippen molar-refractivity contribution < 1.29 is 9.84 Å². The lowest BCUT2D eigenvalue weighted by Crippen LogP contribution is -2.05. The van der Waals surface area contributed by atoms with Crippen molar-refractivity contribution in [3.63, 3.8) is 0 Å². The Labute approximate surface area is 132 Å². The second-order valence-electron chi connectivity index (χ2n) is 4.81. The van der Waals surface area contributed by atoms with E-state index in [2.05, 4.69) is 10.2 Å². The van der Waals surface area contributed by atoms with E-state index in [1.54, 1.807) is 23.9 Å². The highest BCUT2D eigenvalue weighted by atomic mass is 35.5. The summed E-state index contributed by atoms with van der Waals surface area (Å²) in [7, 11) is 0. The Morgan fingerprint density at radius 2 is 2.05 bits per heavy atom. The molecule has 0 aliphatic heterocycles. The molecule has 5 nitrogen and oxygen atoms in total. The van der Waals surface area contributed by atoms with Crippen LogP contribution in [0.5, 0.6) is 5.75 Å². The summed E-state index contributed by atoms with van der Waals surface area (Å²) in [6.07, 6.45) is 2.28. The first kappa shape index (κ1) is 14.7. The van der Waals surface area contributed by atoms with Crippen LogP contribution in [-0.4, -0.2) is 32.2 Å². The number of thioether (sulfide) groups is 1. The monoisotopic (exact) mass is 325 g/mol. The van der Waals surface area contributed by atoms with Crippen LogP contribution in [-0.2, 0) is 6.61 Å². The van der Waals surface area contributed by atoms with Gasteiger partial charge >= 0.3 is 0 Å². The molecule has 0 unspecified atom stereocenters. The molecule has 2 aromatic rings. The maximum atomic E-state index is 9.28. The summed E-state index contributed by atoms with van der Waals surface area (Å²) in [4.78, 5) is 0. The van der Waals surface area contributed by atoms with Gasteiger partial charge in [0, 0.05) is 16.8 Å². The molecule has 0 spiro atoms. The summed E-state index contributed by atoms with van der Waals surface area (Å²) >= 11 is 7.43. The van der Waals surface area contributed by atoms with Gasteiger partial charge in [-0.15, -0.1) is 10.2 Å². The number of rotatable bonds is 7. The van der Waals surface area contributed by atoms with Gasteiger partial charge in [-0.05, 0) is 37.1 Å². The lowest BCUT2D eigenvalue weighted by Gasteiger charge is -2.08. The molecule has 0 radical (unpaired) electrons. The predicted molar refractivity (Wildman–Crippen MR) is 81.9 cm³/mol. The highest BCUT2D eigenvalue weighted by Crippen LogP contribution is 2.38. The van der Waals surface area contributed by atoms with Gasteiger partial charge in [0.25, 0.3) is 0 Å². The van der Waals surface area contributed by atoms with Crippen LogP contribution in [0, 0.1) is 0 Å². The van der Waals surface area contributed by atoms with E-state index in [4.69, 9.17) is 16.3 Å². The van der Waals surface area contributed by atoms with Gasteiger partial charge in [-0.2, -0.15) is 0 Å². The average Bonchev–Trinajstić information content (AvgIpc) is 3.26. The predicted octanol–water partition coefficient (Wildman–Crippen LogP) is 2.93. The van der Waals surface area contributed by atoms with Gasteiger partial charge in [-0.3, -0.25) is 0 Å². The lowest BCUT2D eigenvalue weighted by atomic mass is 10.3. The molecule has 21 heavy (non-hydrogen) atoms. The van der Waals surface area contributed by atoms with Crippen LogP contribution in [0.2, 0.25) is 5.02 Å². The number of ether oxygens (including phenoxy) is 1. The van der Waals surface area contributed by atoms with Crippen molar-refractivity contribution >= 4 is 23.4 Å². The van der Waals surface area contributed by atoms with E-state index in [1.807, 2.05) is 16.7 Å². The third kappa shape index (κ3) is 3.70. The van der Waals surface area contributed by atoms with E-state index >= 15 is 0 Å². The zero-order valence-electron chi connectivity index (χ0n) is 11.4. The van der Waals surface area contributed by atoms with Crippen LogP contribution in [0.3, 0.4) is 0 Å². The molecular weight excluding hydrogens is 310 g/mol. The summed E-state index contributed by atoms with van der Waals surface area (Å²) in [5.74, 6) is 2.23. The lowest BCUT2D eigenvalue weighted by molar-refractivity contribution is 0.263.